The monoisotopic (exact) mass is 350 g/mol. The topological polar surface area (TPSA) is 51.2 Å². The Hall–Kier alpha value is -3.21. The van der Waals surface area contributed by atoms with Gasteiger partial charge in [0.1, 0.15) is 11.6 Å². The Kier molecular flexibility index (Phi) is 5.27. The third kappa shape index (κ3) is 3.88. The highest BCUT2D eigenvalue weighted by Gasteiger charge is 2.14. The number of nitrogens with zero attached hydrogens (tertiary/aromatic N) is 1. The van der Waals surface area contributed by atoms with E-state index in [0.717, 1.165) is 16.9 Å². The van der Waals surface area contributed by atoms with Crippen LogP contribution in [0.3, 0.4) is 0 Å². The van der Waals surface area contributed by atoms with Crippen LogP contribution in [-0.4, -0.2) is 18.0 Å². The number of nitrogens with one attached hydrogen (secondary N) is 1. The normalized spacial score (nSPS) is 11.7. The number of hydrogen-bond acceptors (Lipinski definition) is 3. The Balaban J connectivity index is 1.74. The number of carbonyl (C=O) groups excluding carboxylic acids is 1. The molecule has 3 aromatic rings. The Morgan fingerprint density at radius 3 is 2.38 bits per heavy atom. The zero-order chi connectivity index (χ0) is 18.5. The zero-order valence-electron chi connectivity index (χ0n) is 14.6. The molecule has 1 N–H and O–H groups in total. The fourth-order valence-corrected chi connectivity index (χ4v) is 2.68. The molecule has 0 fully saturated rings. The van der Waals surface area contributed by atoms with Gasteiger partial charge >= 0.3 is 0 Å². The predicted molar refractivity (Wildman–Crippen MR) is 98.5 cm³/mol. The van der Waals surface area contributed by atoms with Gasteiger partial charge in [-0.15, -0.1) is 0 Å². The fraction of sp³-hybridized carbons (Fsp3) is 0.143. The van der Waals surface area contributed by atoms with E-state index in [1.165, 1.54) is 6.07 Å². The van der Waals surface area contributed by atoms with Crippen molar-refractivity contribution in [1.29, 1.82) is 0 Å². The molecule has 5 heteroatoms. The van der Waals surface area contributed by atoms with Gasteiger partial charge in [0.15, 0.2) is 0 Å². The van der Waals surface area contributed by atoms with Crippen molar-refractivity contribution in [3.8, 4) is 16.9 Å². The van der Waals surface area contributed by atoms with Gasteiger partial charge in [0.25, 0.3) is 5.91 Å². The number of carbonyl (C=O) groups is 1. The number of pyridine rings is 1. The van der Waals surface area contributed by atoms with Crippen molar-refractivity contribution >= 4 is 5.91 Å². The standard InChI is InChI=1S/C21H19FN2O2/c1-14(15-3-6-18(26-2)7-4-15)24-21(25)17-5-8-19(20(22)13-17)16-9-11-23-12-10-16/h3-14H,1-2H3,(H,24,25)/t14-/m1/s1. The van der Waals surface area contributed by atoms with Crippen molar-refractivity contribution in [3.05, 3.63) is 83.9 Å². The van der Waals surface area contributed by atoms with E-state index >= 15 is 0 Å². The molecule has 0 saturated heterocycles. The molecular formula is C21H19FN2O2. The van der Waals surface area contributed by atoms with Crippen LogP contribution in [0.25, 0.3) is 11.1 Å². The summed E-state index contributed by atoms with van der Waals surface area (Å²) < 4.78 is 19.6. The number of rotatable bonds is 5. The van der Waals surface area contributed by atoms with Gasteiger partial charge in [-0.25, -0.2) is 4.39 Å². The molecule has 0 aliphatic carbocycles. The van der Waals surface area contributed by atoms with Gasteiger partial charge in [0.05, 0.1) is 13.2 Å². The molecule has 1 amide bonds. The Bertz CT molecular complexity index is 896. The first kappa shape index (κ1) is 17.6. The van der Waals surface area contributed by atoms with Crippen LogP contribution in [0.2, 0.25) is 0 Å². The minimum Gasteiger partial charge on any atom is -0.497 e. The molecule has 0 aliphatic heterocycles. The SMILES string of the molecule is COc1ccc([C@@H](C)NC(=O)c2ccc(-c3ccncc3)c(F)c2)cc1. The van der Waals surface area contributed by atoms with Crippen molar-refractivity contribution in [1.82, 2.24) is 10.3 Å². The highest BCUT2D eigenvalue weighted by atomic mass is 19.1. The third-order valence-corrected chi connectivity index (χ3v) is 4.19. The summed E-state index contributed by atoms with van der Waals surface area (Å²) in [5, 5.41) is 2.88. The van der Waals surface area contributed by atoms with Gasteiger partial charge < -0.3 is 10.1 Å². The maximum atomic E-state index is 14.4. The summed E-state index contributed by atoms with van der Waals surface area (Å²) >= 11 is 0. The second-order valence-electron chi connectivity index (χ2n) is 5.90. The van der Waals surface area contributed by atoms with E-state index in [4.69, 9.17) is 4.74 Å². The van der Waals surface area contributed by atoms with E-state index < -0.39 is 5.82 Å². The summed E-state index contributed by atoms with van der Waals surface area (Å²) in [5.41, 5.74) is 2.37. The van der Waals surface area contributed by atoms with E-state index in [9.17, 15) is 9.18 Å². The number of amides is 1. The van der Waals surface area contributed by atoms with Crippen LogP contribution in [0.15, 0.2) is 67.0 Å². The molecule has 132 valence electrons. The van der Waals surface area contributed by atoms with Gasteiger partial charge in [-0.3, -0.25) is 9.78 Å². The van der Waals surface area contributed by atoms with E-state index in [0.29, 0.717) is 5.56 Å². The quantitative estimate of drug-likeness (QED) is 0.743. The molecule has 0 saturated carbocycles. The average Bonchev–Trinajstić information content (AvgIpc) is 2.68. The van der Waals surface area contributed by atoms with E-state index in [1.807, 2.05) is 31.2 Å². The summed E-state index contributed by atoms with van der Waals surface area (Å²) in [4.78, 5) is 16.4. The van der Waals surface area contributed by atoms with Gasteiger partial charge in [-0.05, 0) is 54.4 Å². The van der Waals surface area contributed by atoms with Crippen LogP contribution in [0.5, 0.6) is 5.75 Å². The van der Waals surface area contributed by atoms with Gasteiger partial charge in [-0.2, -0.15) is 0 Å². The number of ether oxygens (including phenoxy) is 1. The number of halogens is 1. The third-order valence-electron chi connectivity index (χ3n) is 4.19. The predicted octanol–water partition coefficient (Wildman–Crippen LogP) is 4.39. The number of hydrogen-bond donors (Lipinski definition) is 1. The van der Waals surface area contributed by atoms with Gasteiger partial charge in [-0.1, -0.05) is 18.2 Å². The molecular weight excluding hydrogens is 331 g/mol. The lowest BCUT2D eigenvalue weighted by atomic mass is 10.0. The molecule has 0 bridgehead atoms. The smallest absolute Gasteiger partial charge is 0.251 e. The Morgan fingerprint density at radius 1 is 1.08 bits per heavy atom. The summed E-state index contributed by atoms with van der Waals surface area (Å²) in [5.74, 6) is -0.0181. The maximum Gasteiger partial charge on any atom is 0.251 e. The first-order valence-corrected chi connectivity index (χ1v) is 8.23. The molecule has 0 radical (unpaired) electrons. The zero-order valence-corrected chi connectivity index (χ0v) is 14.6. The molecule has 1 heterocycles. The molecule has 1 atom stereocenters. The highest BCUT2D eigenvalue weighted by molar-refractivity contribution is 5.95. The lowest BCUT2D eigenvalue weighted by molar-refractivity contribution is 0.0939. The van der Waals surface area contributed by atoms with E-state index in [1.54, 1.807) is 43.8 Å². The summed E-state index contributed by atoms with van der Waals surface area (Å²) in [6.07, 6.45) is 3.21. The van der Waals surface area contributed by atoms with Crippen LogP contribution in [0.1, 0.15) is 28.9 Å². The van der Waals surface area contributed by atoms with E-state index in [-0.39, 0.29) is 17.5 Å². The number of methoxy groups -OCH3 is 1. The summed E-state index contributed by atoms with van der Waals surface area (Å²) in [7, 11) is 1.60. The largest absolute Gasteiger partial charge is 0.497 e. The van der Waals surface area contributed by atoms with Crippen molar-refractivity contribution in [2.75, 3.05) is 7.11 Å². The van der Waals surface area contributed by atoms with Gasteiger partial charge in [0, 0.05) is 23.5 Å². The lowest BCUT2D eigenvalue weighted by Crippen LogP contribution is -2.26. The van der Waals surface area contributed by atoms with Gasteiger partial charge in [0.2, 0.25) is 0 Å². The van der Waals surface area contributed by atoms with E-state index in [2.05, 4.69) is 10.3 Å². The Labute approximate surface area is 151 Å². The molecule has 26 heavy (non-hydrogen) atoms. The molecule has 0 aliphatic rings. The van der Waals surface area contributed by atoms with Crippen LogP contribution in [-0.2, 0) is 0 Å². The van der Waals surface area contributed by atoms with Crippen molar-refractivity contribution in [2.24, 2.45) is 0 Å². The minimum absolute atomic E-state index is 0.212. The van der Waals surface area contributed by atoms with Crippen LogP contribution >= 0.6 is 0 Å². The maximum absolute atomic E-state index is 14.4. The highest BCUT2D eigenvalue weighted by Crippen LogP contribution is 2.23. The fourth-order valence-electron chi connectivity index (χ4n) is 2.68. The van der Waals surface area contributed by atoms with Crippen molar-refractivity contribution in [2.45, 2.75) is 13.0 Å². The molecule has 0 spiro atoms. The molecule has 3 rings (SSSR count). The van der Waals surface area contributed by atoms with Crippen molar-refractivity contribution in [3.63, 3.8) is 0 Å². The first-order chi connectivity index (χ1) is 12.6. The minimum atomic E-state index is -0.444. The van der Waals surface area contributed by atoms with Crippen molar-refractivity contribution < 1.29 is 13.9 Å². The summed E-state index contributed by atoms with van der Waals surface area (Å²) in [6.45, 7) is 1.88. The first-order valence-electron chi connectivity index (χ1n) is 8.23. The number of benzene rings is 2. The second kappa shape index (κ2) is 7.78. The molecule has 0 unspecified atom stereocenters. The molecule has 2 aromatic carbocycles. The summed E-state index contributed by atoms with van der Waals surface area (Å²) in [6, 6.07) is 15.2. The lowest BCUT2D eigenvalue weighted by Gasteiger charge is -2.15. The molecule has 1 aromatic heterocycles. The van der Waals surface area contributed by atoms with Crippen LogP contribution < -0.4 is 10.1 Å². The average molecular weight is 350 g/mol. The van der Waals surface area contributed by atoms with Crippen LogP contribution in [0, 0.1) is 5.82 Å². The number of aromatic nitrogens is 1. The molecule has 4 nitrogen and oxygen atoms in total. The Morgan fingerprint density at radius 2 is 1.77 bits per heavy atom. The second-order valence-corrected chi connectivity index (χ2v) is 5.90. The van der Waals surface area contributed by atoms with Crippen LogP contribution in [0.4, 0.5) is 4.39 Å².